The van der Waals surface area contributed by atoms with E-state index in [1.165, 1.54) is 0 Å². The van der Waals surface area contributed by atoms with E-state index in [9.17, 15) is 18.0 Å². The molecule has 0 bridgehead atoms. The highest BCUT2D eigenvalue weighted by Gasteiger charge is 2.25. The van der Waals surface area contributed by atoms with Crippen LogP contribution in [0.4, 0.5) is 19.0 Å². The molecule has 1 rings (SSSR count). The maximum atomic E-state index is 11.9. The molecule has 7 heteroatoms. The summed E-state index contributed by atoms with van der Waals surface area (Å²) in [7, 11) is 0. The summed E-state index contributed by atoms with van der Waals surface area (Å²) >= 11 is 0. The molecular formula is C13H18F3N3O. The number of carbonyl (C=O) groups is 1. The van der Waals surface area contributed by atoms with Gasteiger partial charge in [-0.15, -0.1) is 0 Å². The number of nitrogens with zero attached hydrogens (tertiary/aromatic N) is 1. The van der Waals surface area contributed by atoms with Gasteiger partial charge >= 0.3 is 6.18 Å². The summed E-state index contributed by atoms with van der Waals surface area (Å²) in [4.78, 5) is 15.9. The van der Waals surface area contributed by atoms with Gasteiger partial charge in [-0.2, -0.15) is 13.2 Å². The van der Waals surface area contributed by atoms with Crippen LogP contribution in [0.15, 0.2) is 18.3 Å². The molecule has 1 heterocycles. The number of halogens is 3. The van der Waals surface area contributed by atoms with Crippen LogP contribution < -0.4 is 10.6 Å². The van der Waals surface area contributed by atoms with Crippen molar-refractivity contribution in [3.63, 3.8) is 0 Å². The average Bonchev–Trinajstić information content (AvgIpc) is 2.38. The molecule has 1 aromatic rings. The largest absolute Gasteiger partial charge is 0.389 e. The monoisotopic (exact) mass is 289 g/mol. The number of hydrogen-bond donors (Lipinski definition) is 2. The molecule has 0 aliphatic carbocycles. The van der Waals surface area contributed by atoms with E-state index in [4.69, 9.17) is 0 Å². The van der Waals surface area contributed by atoms with Crippen LogP contribution in [-0.2, 0) is 0 Å². The third kappa shape index (κ3) is 5.90. The van der Waals surface area contributed by atoms with Gasteiger partial charge < -0.3 is 10.6 Å². The van der Waals surface area contributed by atoms with Crippen LogP contribution >= 0.6 is 0 Å². The van der Waals surface area contributed by atoms with Crippen LogP contribution in [0.5, 0.6) is 0 Å². The van der Waals surface area contributed by atoms with Gasteiger partial charge in [-0.3, -0.25) is 4.79 Å². The molecule has 0 atom stereocenters. The van der Waals surface area contributed by atoms with Crippen molar-refractivity contribution >= 4 is 11.7 Å². The second-order valence-electron chi connectivity index (χ2n) is 4.26. The van der Waals surface area contributed by atoms with E-state index in [1.807, 2.05) is 6.92 Å². The quantitative estimate of drug-likeness (QED) is 0.759. The van der Waals surface area contributed by atoms with Crippen LogP contribution in [0.3, 0.4) is 0 Å². The third-order valence-corrected chi connectivity index (χ3v) is 2.57. The molecule has 0 saturated carbocycles. The molecule has 0 unspecified atom stereocenters. The lowest BCUT2D eigenvalue weighted by Crippen LogP contribution is -2.26. The van der Waals surface area contributed by atoms with E-state index in [0.717, 1.165) is 0 Å². The van der Waals surface area contributed by atoms with Crippen LogP contribution in [0.1, 0.15) is 36.5 Å². The Morgan fingerprint density at radius 2 is 2.10 bits per heavy atom. The number of unbranched alkanes of at least 4 members (excludes halogenated alkanes) is 1. The Morgan fingerprint density at radius 3 is 2.75 bits per heavy atom. The molecule has 0 aromatic carbocycles. The van der Waals surface area contributed by atoms with Gasteiger partial charge in [-0.05, 0) is 31.9 Å². The Hall–Kier alpha value is -1.79. The third-order valence-electron chi connectivity index (χ3n) is 2.57. The van der Waals surface area contributed by atoms with E-state index in [0.29, 0.717) is 24.3 Å². The van der Waals surface area contributed by atoms with Gasteiger partial charge in [0, 0.05) is 25.7 Å². The molecule has 1 aromatic heterocycles. The summed E-state index contributed by atoms with van der Waals surface area (Å²) in [5, 5.41) is 5.56. The number of nitrogens with one attached hydrogen (secondary N) is 2. The van der Waals surface area contributed by atoms with Gasteiger partial charge in [-0.25, -0.2) is 4.98 Å². The number of anilines is 1. The Balaban J connectivity index is 2.40. The lowest BCUT2D eigenvalue weighted by atomic mass is 10.2. The Kier molecular flexibility index (Phi) is 6.27. The van der Waals surface area contributed by atoms with Crippen molar-refractivity contribution in [3.8, 4) is 0 Å². The summed E-state index contributed by atoms with van der Waals surface area (Å²) in [6.07, 6.45) is -3.08. The van der Waals surface area contributed by atoms with Crippen LogP contribution in [0.2, 0.25) is 0 Å². The maximum Gasteiger partial charge on any atom is 0.389 e. The van der Waals surface area contributed by atoms with Crippen molar-refractivity contribution in [1.29, 1.82) is 0 Å². The van der Waals surface area contributed by atoms with E-state index >= 15 is 0 Å². The highest BCUT2D eigenvalue weighted by molar-refractivity contribution is 5.98. The van der Waals surface area contributed by atoms with Crippen molar-refractivity contribution in [3.05, 3.63) is 23.9 Å². The van der Waals surface area contributed by atoms with Gasteiger partial charge in [0.2, 0.25) is 0 Å². The highest BCUT2D eigenvalue weighted by Crippen LogP contribution is 2.21. The van der Waals surface area contributed by atoms with E-state index < -0.39 is 12.6 Å². The Morgan fingerprint density at radius 1 is 1.35 bits per heavy atom. The van der Waals surface area contributed by atoms with Crippen LogP contribution in [-0.4, -0.2) is 30.2 Å². The molecule has 20 heavy (non-hydrogen) atoms. The predicted octanol–water partition coefficient (Wildman–Crippen LogP) is 2.98. The van der Waals surface area contributed by atoms with Gasteiger partial charge in [0.05, 0.1) is 5.56 Å². The van der Waals surface area contributed by atoms with Gasteiger partial charge in [0.1, 0.15) is 5.82 Å². The lowest BCUT2D eigenvalue weighted by Gasteiger charge is -2.10. The number of hydrogen-bond acceptors (Lipinski definition) is 3. The van der Waals surface area contributed by atoms with Gasteiger partial charge in [-0.1, -0.05) is 0 Å². The minimum Gasteiger partial charge on any atom is -0.370 e. The van der Waals surface area contributed by atoms with E-state index in [1.54, 1.807) is 18.3 Å². The zero-order chi connectivity index (χ0) is 15.0. The first kappa shape index (κ1) is 16.3. The fourth-order valence-electron chi connectivity index (χ4n) is 1.64. The molecular weight excluding hydrogens is 271 g/mol. The smallest absolute Gasteiger partial charge is 0.370 e. The number of aromatic nitrogens is 1. The fourth-order valence-corrected chi connectivity index (χ4v) is 1.64. The fraction of sp³-hybridized carbons (Fsp3) is 0.538. The summed E-state index contributed by atoms with van der Waals surface area (Å²) in [5.41, 5.74) is 0.394. The van der Waals surface area contributed by atoms with Gasteiger partial charge in [0.15, 0.2) is 0 Å². The maximum absolute atomic E-state index is 11.9. The number of carbonyl (C=O) groups excluding carboxylic acids is 1. The molecule has 0 aliphatic rings. The normalized spacial score (nSPS) is 11.2. The molecule has 1 amide bonds. The topological polar surface area (TPSA) is 54.0 Å². The van der Waals surface area contributed by atoms with E-state index in [-0.39, 0.29) is 18.9 Å². The van der Waals surface area contributed by atoms with Crippen LogP contribution in [0.25, 0.3) is 0 Å². The summed E-state index contributed by atoms with van der Waals surface area (Å²) in [6, 6.07) is 3.26. The first-order valence-electron chi connectivity index (χ1n) is 6.48. The number of amides is 1. The van der Waals surface area contributed by atoms with Crippen molar-refractivity contribution in [2.24, 2.45) is 0 Å². The van der Waals surface area contributed by atoms with Crippen molar-refractivity contribution < 1.29 is 18.0 Å². The molecule has 0 saturated heterocycles. The number of alkyl halides is 3. The molecule has 2 N–H and O–H groups in total. The molecule has 0 aliphatic heterocycles. The van der Waals surface area contributed by atoms with Crippen LogP contribution in [0, 0.1) is 0 Å². The van der Waals surface area contributed by atoms with Crippen molar-refractivity contribution in [2.45, 2.75) is 32.4 Å². The second kappa shape index (κ2) is 7.72. The lowest BCUT2D eigenvalue weighted by molar-refractivity contribution is -0.135. The summed E-state index contributed by atoms with van der Waals surface area (Å²) in [6.45, 7) is 2.73. The Labute approximate surface area is 115 Å². The molecule has 4 nitrogen and oxygen atoms in total. The average molecular weight is 289 g/mol. The zero-order valence-electron chi connectivity index (χ0n) is 11.3. The first-order chi connectivity index (χ1) is 9.44. The molecule has 0 fully saturated rings. The Bertz CT molecular complexity index is 435. The van der Waals surface area contributed by atoms with E-state index in [2.05, 4.69) is 15.6 Å². The highest BCUT2D eigenvalue weighted by atomic mass is 19.4. The standard InChI is InChI=1S/C13H18F3N3O/c1-2-17-11-10(6-5-9-18-11)12(20)19-8-4-3-7-13(14,15)16/h5-6,9H,2-4,7-8H2,1H3,(H,17,18)(H,19,20). The minimum absolute atomic E-state index is 0.0108. The number of pyridine rings is 1. The molecule has 0 radical (unpaired) electrons. The predicted molar refractivity (Wildman–Crippen MR) is 70.6 cm³/mol. The zero-order valence-corrected chi connectivity index (χ0v) is 11.3. The van der Waals surface area contributed by atoms with Crippen molar-refractivity contribution in [1.82, 2.24) is 10.3 Å². The van der Waals surface area contributed by atoms with Gasteiger partial charge in [0.25, 0.3) is 5.91 Å². The summed E-state index contributed by atoms with van der Waals surface area (Å²) < 4.78 is 35.8. The minimum atomic E-state index is -4.13. The second-order valence-corrected chi connectivity index (χ2v) is 4.26. The molecule has 0 spiro atoms. The SMILES string of the molecule is CCNc1ncccc1C(=O)NCCCCC(F)(F)F. The summed E-state index contributed by atoms with van der Waals surface area (Å²) in [5.74, 6) is 0.142. The first-order valence-corrected chi connectivity index (χ1v) is 6.48. The number of rotatable bonds is 7. The molecule has 112 valence electrons. The van der Waals surface area contributed by atoms with Crippen molar-refractivity contribution in [2.75, 3.05) is 18.4 Å².